The van der Waals surface area contributed by atoms with Crippen molar-refractivity contribution in [1.29, 1.82) is 0 Å². The number of ether oxygens (including phenoxy) is 3. The first-order valence-corrected chi connectivity index (χ1v) is 11.0. The summed E-state index contributed by atoms with van der Waals surface area (Å²) in [6.07, 6.45) is 0. The molecule has 1 atom stereocenters. The quantitative estimate of drug-likeness (QED) is 0.649. The smallest absolute Gasteiger partial charge is 0.254 e. The van der Waals surface area contributed by atoms with E-state index < -0.39 is 15.9 Å². The Bertz CT molecular complexity index is 989. The fraction of sp³-hybridized carbons (Fsp3) is 0.381. The molecule has 0 fully saturated rings. The fourth-order valence-electron chi connectivity index (χ4n) is 2.90. The third-order valence-electron chi connectivity index (χ3n) is 4.83. The van der Waals surface area contributed by atoms with Crippen LogP contribution in [0.5, 0.6) is 17.2 Å². The Kier molecular flexibility index (Phi) is 7.55. The van der Waals surface area contributed by atoms with Gasteiger partial charge in [0.25, 0.3) is 5.91 Å². The third kappa shape index (κ3) is 4.96. The number of benzene rings is 2. The fourth-order valence-corrected chi connectivity index (χ4v) is 3.74. The van der Waals surface area contributed by atoms with Crippen molar-refractivity contribution in [2.75, 3.05) is 38.4 Å². The number of rotatable bonds is 9. The van der Waals surface area contributed by atoms with Gasteiger partial charge in [0, 0.05) is 13.1 Å². The maximum atomic E-state index is 13.1. The zero-order chi connectivity index (χ0) is 22.5. The molecule has 0 bridgehead atoms. The van der Waals surface area contributed by atoms with Crippen LogP contribution in [0.2, 0.25) is 0 Å². The van der Waals surface area contributed by atoms with Gasteiger partial charge in [-0.1, -0.05) is 12.1 Å². The van der Waals surface area contributed by atoms with Crippen LogP contribution in [-0.2, 0) is 10.0 Å². The number of carbonyl (C=O) groups is 1. The summed E-state index contributed by atoms with van der Waals surface area (Å²) in [4.78, 5) is 13.1. The minimum atomic E-state index is -3.60. The highest BCUT2D eigenvalue weighted by molar-refractivity contribution is 7.92. The Morgan fingerprint density at radius 1 is 1.03 bits per heavy atom. The zero-order valence-electron chi connectivity index (χ0n) is 18.1. The Hall–Kier alpha value is -2.94. The van der Waals surface area contributed by atoms with Crippen molar-refractivity contribution in [3.8, 4) is 17.2 Å². The number of hydrogen-bond donors (Lipinski definition) is 1. The molecule has 1 unspecified atom stereocenters. The standard InChI is InChI=1S/C21H28N2O6S/c1-7-30(25,26)23(3)18-13-20(29-6)19(28-5)12-17(18)21(24)22-14(2)15-8-10-16(27-4)11-9-15/h8-14H,7H2,1-6H3,(H,22,24). The normalized spacial score (nSPS) is 12.1. The predicted molar refractivity (Wildman–Crippen MR) is 116 cm³/mol. The first-order valence-electron chi connectivity index (χ1n) is 9.35. The van der Waals surface area contributed by atoms with Gasteiger partial charge in [0.05, 0.1) is 44.4 Å². The number of nitrogens with one attached hydrogen (secondary N) is 1. The summed E-state index contributed by atoms with van der Waals surface area (Å²) in [5.74, 6) is 0.815. The maximum absolute atomic E-state index is 13.1. The zero-order valence-corrected chi connectivity index (χ0v) is 18.9. The predicted octanol–water partition coefficient (Wildman–Crippen LogP) is 2.99. The molecule has 0 aliphatic carbocycles. The average Bonchev–Trinajstić information content (AvgIpc) is 2.77. The molecule has 0 radical (unpaired) electrons. The summed E-state index contributed by atoms with van der Waals surface area (Å²) in [7, 11) is 2.29. The van der Waals surface area contributed by atoms with E-state index >= 15 is 0 Å². The van der Waals surface area contributed by atoms with E-state index in [9.17, 15) is 13.2 Å². The molecular formula is C21H28N2O6S. The first kappa shape index (κ1) is 23.3. The van der Waals surface area contributed by atoms with E-state index in [4.69, 9.17) is 14.2 Å². The number of nitrogens with zero attached hydrogens (tertiary/aromatic N) is 1. The van der Waals surface area contributed by atoms with Crippen LogP contribution in [-0.4, -0.2) is 48.5 Å². The first-order chi connectivity index (χ1) is 14.2. The van der Waals surface area contributed by atoms with Crippen molar-refractivity contribution in [2.24, 2.45) is 0 Å². The van der Waals surface area contributed by atoms with E-state index in [1.54, 1.807) is 19.2 Å². The van der Waals surface area contributed by atoms with Crippen LogP contribution >= 0.6 is 0 Å². The second-order valence-corrected chi connectivity index (χ2v) is 8.85. The molecule has 1 N–H and O–H groups in total. The lowest BCUT2D eigenvalue weighted by molar-refractivity contribution is 0.0940. The van der Waals surface area contributed by atoms with Crippen molar-refractivity contribution in [2.45, 2.75) is 19.9 Å². The number of sulfonamides is 1. The SMILES string of the molecule is CCS(=O)(=O)N(C)c1cc(OC)c(OC)cc1C(=O)NC(C)c1ccc(OC)cc1. The van der Waals surface area contributed by atoms with Gasteiger partial charge in [-0.3, -0.25) is 9.10 Å². The molecule has 9 heteroatoms. The average molecular weight is 437 g/mol. The Labute approximate surface area is 177 Å². The van der Waals surface area contributed by atoms with Crippen LogP contribution < -0.4 is 23.8 Å². The molecule has 164 valence electrons. The topological polar surface area (TPSA) is 94.2 Å². The van der Waals surface area contributed by atoms with E-state index in [-0.39, 0.29) is 23.0 Å². The molecule has 2 aromatic rings. The molecule has 0 aromatic heterocycles. The number of methoxy groups -OCH3 is 3. The van der Waals surface area contributed by atoms with E-state index in [1.165, 1.54) is 40.3 Å². The van der Waals surface area contributed by atoms with Crippen molar-refractivity contribution in [1.82, 2.24) is 5.32 Å². The van der Waals surface area contributed by atoms with Crippen LogP contribution in [0.1, 0.15) is 35.8 Å². The van der Waals surface area contributed by atoms with Gasteiger partial charge in [-0.2, -0.15) is 0 Å². The lowest BCUT2D eigenvalue weighted by Gasteiger charge is -2.24. The molecular weight excluding hydrogens is 408 g/mol. The van der Waals surface area contributed by atoms with Crippen molar-refractivity contribution in [3.63, 3.8) is 0 Å². The highest BCUT2D eigenvalue weighted by atomic mass is 32.2. The molecule has 1 amide bonds. The van der Waals surface area contributed by atoms with E-state index in [0.717, 1.165) is 9.87 Å². The number of carbonyl (C=O) groups excluding carboxylic acids is 1. The summed E-state index contributed by atoms with van der Waals surface area (Å²) in [5, 5.41) is 2.91. The van der Waals surface area contributed by atoms with Gasteiger partial charge in [-0.05, 0) is 37.6 Å². The summed E-state index contributed by atoms with van der Waals surface area (Å²) in [6, 6.07) is 9.96. The Morgan fingerprint density at radius 2 is 1.60 bits per heavy atom. The molecule has 0 saturated heterocycles. The molecule has 2 aromatic carbocycles. The Morgan fingerprint density at radius 3 is 2.10 bits per heavy atom. The monoisotopic (exact) mass is 436 g/mol. The molecule has 0 heterocycles. The van der Waals surface area contributed by atoms with Crippen LogP contribution in [0.3, 0.4) is 0 Å². The second kappa shape index (κ2) is 9.71. The minimum absolute atomic E-state index is 0.110. The van der Waals surface area contributed by atoms with E-state index in [2.05, 4.69) is 5.32 Å². The van der Waals surface area contributed by atoms with Crippen LogP contribution in [0.15, 0.2) is 36.4 Å². The van der Waals surface area contributed by atoms with Crippen LogP contribution in [0.25, 0.3) is 0 Å². The summed E-state index contributed by atoms with van der Waals surface area (Å²) >= 11 is 0. The van der Waals surface area contributed by atoms with Crippen LogP contribution in [0.4, 0.5) is 5.69 Å². The summed E-state index contributed by atoms with van der Waals surface area (Å²) < 4.78 is 41.7. The van der Waals surface area contributed by atoms with Gasteiger partial charge in [0.1, 0.15) is 5.75 Å². The van der Waals surface area contributed by atoms with Gasteiger partial charge < -0.3 is 19.5 Å². The largest absolute Gasteiger partial charge is 0.497 e. The molecule has 8 nitrogen and oxygen atoms in total. The van der Waals surface area contributed by atoms with Crippen molar-refractivity contribution < 1.29 is 27.4 Å². The second-order valence-electron chi connectivity index (χ2n) is 6.56. The summed E-state index contributed by atoms with van der Waals surface area (Å²) in [5.41, 5.74) is 1.24. The van der Waals surface area contributed by atoms with Crippen LogP contribution in [0, 0.1) is 0 Å². The maximum Gasteiger partial charge on any atom is 0.254 e. The third-order valence-corrected chi connectivity index (χ3v) is 6.59. The number of amides is 1. The molecule has 0 aliphatic rings. The van der Waals surface area contributed by atoms with Crippen molar-refractivity contribution >= 4 is 21.6 Å². The lowest BCUT2D eigenvalue weighted by atomic mass is 10.1. The van der Waals surface area contributed by atoms with Gasteiger partial charge >= 0.3 is 0 Å². The van der Waals surface area contributed by atoms with Gasteiger partial charge in [0.15, 0.2) is 11.5 Å². The van der Waals surface area contributed by atoms with E-state index in [1.807, 2.05) is 19.1 Å². The molecule has 0 saturated carbocycles. The molecule has 0 spiro atoms. The molecule has 0 aliphatic heterocycles. The van der Waals surface area contributed by atoms with E-state index in [0.29, 0.717) is 17.2 Å². The van der Waals surface area contributed by atoms with Gasteiger partial charge in [0.2, 0.25) is 10.0 Å². The number of hydrogen-bond acceptors (Lipinski definition) is 6. The number of anilines is 1. The highest BCUT2D eigenvalue weighted by Gasteiger charge is 2.25. The minimum Gasteiger partial charge on any atom is -0.497 e. The van der Waals surface area contributed by atoms with Gasteiger partial charge in [-0.15, -0.1) is 0 Å². The Balaban J connectivity index is 2.45. The lowest BCUT2D eigenvalue weighted by Crippen LogP contribution is -2.32. The summed E-state index contributed by atoms with van der Waals surface area (Å²) in [6.45, 7) is 3.38. The van der Waals surface area contributed by atoms with Gasteiger partial charge in [-0.25, -0.2) is 8.42 Å². The molecule has 30 heavy (non-hydrogen) atoms. The van der Waals surface area contributed by atoms with Crippen molar-refractivity contribution in [3.05, 3.63) is 47.5 Å². The highest BCUT2D eigenvalue weighted by Crippen LogP contribution is 2.36. The molecule has 2 rings (SSSR count).